The van der Waals surface area contributed by atoms with E-state index in [2.05, 4.69) is 21.7 Å². The molecule has 0 aliphatic carbocycles. The Morgan fingerprint density at radius 2 is 2.17 bits per heavy atom. The lowest BCUT2D eigenvalue weighted by atomic mass is 10.1. The third-order valence-corrected chi connectivity index (χ3v) is 4.85. The number of H-pyrrole nitrogens is 1. The van der Waals surface area contributed by atoms with Gasteiger partial charge in [-0.1, -0.05) is 0 Å². The van der Waals surface area contributed by atoms with Gasteiger partial charge in [-0.2, -0.15) is 0 Å². The van der Waals surface area contributed by atoms with Crippen LogP contribution in [0.25, 0.3) is 0 Å². The largest absolute Gasteiger partial charge is 0.351 e. The predicted molar refractivity (Wildman–Crippen MR) is 87.5 cm³/mol. The molecule has 0 unspecified atom stereocenters. The molecule has 0 bridgehead atoms. The Balaban J connectivity index is 1.47. The van der Waals surface area contributed by atoms with Crippen LogP contribution in [0, 0.1) is 0 Å². The van der Waals surface area contributed by atoms with Crippen molar-refractivity contribution in [2.24, 2.45) is 0 Å². The van der Waals surface area contributed by atoms with Crippen molar-refractivity contribution in [1.82, 2.24) is 15.2 Å². The number of aromatic amines is 1. The highest BCUT2D eigenvalue weighted by molar-refractivity contribution is 7.10. The molecule has 3 heterocycles. The number of amides is 2. The summed E-state index contributed by atoms with van der Waals surface area (Å²) in [6.45, 7) is 1.68. The van der Waals surface area contributed by atoms with Gasteiger partial charge >= 0.3 is 0 Å². The Morgan fingerprint density at radius 3 is 2.96 bits per heavy atom. The second-order valence-corrected chi connectivity index (χ2v) is 6.38. The van der Waals surface area contributed by atoms with Gasteiger partial charge in [-0.25, -0.2) is 0 Å². The first kappa shape index (κ1) is 15.5. The van der Waals surface area contributed by atoms with Gasteiger partial charge < -0.3 is 15.2 Å². The summed E-state index contributed by atoms with van der Waals surface area (Å²) in [7, 11) is 0. The summed E-state index contributed by atoms with van der Waals surface area (Å²) in [4.78, 5) is 40.7. The van der Waals surface area contributed by atoms with Crippen LogP contribution >= 0.6 is 11.3 Å². The average Bonchev–Trinajstić information content (AvgIpc) is 3.02. The maximum atomic E-state index is 12.2. The number of aromatic nitrogens is 1. The van der Waals surface area contributed by atoms with E-state index in [1.165, 1.54) is 28.8 Å². The molecule has 0 radical (unpaired) electrons. The smallest absolute Gasteiger partial charge is 0.252 e. The molecule has 120 valence electrons. The van der Waals surface area contributed by atoms with Crippen LogP contribution in [0.3, 0.4) is 0 Å². The van der Waals surface area contributed by atoms with E-state index < -0.39 is 0 Å². The van der Waals surface area contributed by atoms with E-state index in [0.29, 0.717) is 12.1 Å². The molecule has 2 N–H and O–H groups in total. The molecule has 2 amide bonds. The number of hydrogen-bond acceptors (Lipinski definition) is 4. The Kier molecular flexibility index (Phi) is 4.57. The minimum atomic E-state index is -0.298. The van der Waals surface area contributed by atoms with Gasteiger partial charge in [0.1, 0.15) is 0 Å². The first-order chi connectivity index (χ1) is 11.1. The van der Waals surface area contributed by atoms with Crippen molar-refractivity contribution in [1.29, 1.82) is 0 Å². The van der Waals surface area contributed by atoms with Gasteiger partial charge in [0, 0.05) is 43.2 Å². The molecule has 0 atom stereocenters. The van der Waals surface area contributed by atoms with Crippen molar-refractivity contribution in [3.8, 4) is 0 Å². The second-order valence-electron chi connectivity index (χ2n) is 5.38. The molecular formula is C16H17N3O3S. The van der Waals surface area contributed by atoms with Gasteiger partial charge in [0.05, 0.1) is 5.56 Å². The summed E-state index contributed by atoms with van der Waals surface area (Å²) >= 11 is 1.74. The van der Waals surface area contributed by atoms with E-state index in [9.17, 15) is 14.4 Å². The zero-order valence-electron chi connectivity index (χ0n) is 12.5. The lowest BCUT2D eigenvalue weighted by molar-refractivity contribution is -0.131. The normalized spacial score (nSPS) is 13.5. The standard InChI is InChI=1S/C16H17N3O3S/c20-14-2-1-11(9-18-14)16(22)17-6-3-15(21)19-7-4-13-12(10-19)5-8-23-13/h1-2,5,8-9H,3-4,6-7,10H2,(H,17,22)(H,18,20). The van der Waals surface area contributed by atoms with E-state index in [1.54, 1.807) is 11.3 Å². The predicted octanol–water partition coefficient (Wildman–Crippen LogP) is 1.14. The van der Waals surface area contributed by atoms with Crippen LogP contribution in [0.5, 0.6) is 0 Å². The summed E-state index contributed by atoms with van der Waals surface area (Å²) in [6.07, 6.45) is 2.54. The van der Waals surface area contributed by atoms with E-state index in [0.717, 1.165) is 13.0 Å². The fourth-order valence-electron chi connectivity index (χ4n) is 2.56. The van der Waals surface area contributed by atoms with Gasteiger partial charge in [0.2, 0.25) is 11.5 Å². The van der Waals surface area contributed by atoms with Crippen molar-refractivity contribution in [2.75, 3.05) is 13.1 Å². The van der Waals surface area contributed by atoms with Crippen LogP contribution in [0.4, 0.5) is 0 Å². The maximum Gasteiger partial charge on any atom is 0.252 e. The van der Waals surface area contributed by atoms with Crippen LogP contribution in [-0.2, 0) is 17.8 Å². The number of rotatable bonds is 4. The number of fused-ring (bicyclic) bond motifs is 1. The van der Waals surface area contributed by atoms with Gasteiger partial charge in [-0.15, -0.1) is 11.3 Å². The monoisotopic (exact) mass is 331 g/mol. The summed E-state index contributed by atoms with van der Waals surface area (Å²) in [6, 6.07) is 4.82. The first-order valence-electron chi connectivity index (χ1n) is 7.43. The Hall–Kier alpha value is -2.41. The SMILES string of the molecule is O=C(NCCC(=O)N1CCc2sccc2C1)c1ccc(=O)[nH]c1. The molecule has 1 aliphatic heterocycles. The van der Waals surface area contributed by atoms with E-state index in [1.807, 2.05) is 4.90 Å². The molecule has 6 nitrogen and oxygen atoms in total. The molecule has 2 aromatic heterocycles. The second kappa shape index (κ2) is 6.78. The number of nitrogens with one attached hydrogen (secondary N) is 2. The Morgan fingerprint density at radius 1 is 1.30 bits per heavy atom. The maximum absolute atomic E-state index is 12.2. The molecule has 7 heteroatoms. The van der Waals surface area contributed by atoms with E-state index in [-0.39, 0.29) is 30.3 Å². The summed E-state index contributed by atoms with van der Waals surface area (Å²) in [5.41, 5.74) is 1.35. The van der Waals surface area contributed by atoms with Crippen molar-refractivity contribution < 1.29 is 9.59 Å². The van der Waals surface area contributed by atoms with Gasteiger partial charge in [-0.05, 0) is 29.5 Å². The molecule has 2 aromatic rings. The van der Waals surface area contributed by atoms with Crippen LogP contribution in [0.1, 0.15) is 27.2 Å². The minimum Gasteiger partial charge on any atom is -0.351 e. The van der Waals surface area contributed by atoms with E-state index in [4.69, 9.17) is 0 Å². The average molecular weight is 331 g/mol. The minimum absolute atomic E-state index is 0.0450. The molecule has 23 heavy (non-hydrogen) atoms. The lowest BCUT2D eigenvalue weighted by Gasteiger charge is -2.27. The number of thiophene rings is 1. The molecule has 0 spiro atoms. The quantitative estimate of drug-likeness (QED) is 0.881. The fourth-order valence-corrected chi connectivity index (χ4v) is 3.45. The van der Waals surface area contributed by atoms with Gasteiger partial charge in [0.25, 0.3) is 5.91 Å². The Labute approximate surface area is 137 Å². The summed E-state index contributed by atoms with van der Waals surface area (Å²) in [5, 5.41) is 4.75. The highest BCUT2D eigenvalue weighted by atomic mass is 32.1. The highest BCUT2D eigenvalue weighted by Gasteiger charge is 2.21. The first-order valence-corrected chi connectivity index (χ1v) is 8.31. The lowest BCUT2D eigenvalue weighted by Crippen LogP contribution is -2.37. The molecule has 0 saturated carbocycles. The molecule has 0 fully saturated rings. The molecule has 1 aliphatic rings. The third-order valence-electron chi connectivity index (χ3n) is 3.83. The molecule has 3 rings (SSSR count). The number of carbonyl (C=O) groups excluding carboxylic acids is 2. The summed E-state index contributed by atoms with van der Waals surface area (Å²) in [5.74, 6) is -0.253. The number of carbonyl (C=O) groups is 2. The molecular weight excluding hydrogens is 314 g/mol. The Bertz CT molecular complexity index is 760. The third kappa shape index (κ3) is 3.68. The molecule has 0 aromatic carbocycles. The van der Waals surface area contributed by atoms with Crippen LogP contribution < -0.4 is 10.9 Å². The van der Waals surface area contributed by atoms with Gasteiger partial charge in [-0.3, -0.25) is 14.4 Å². The summed E-state index contributed by atoms with van der Waals surface area (Å²) < 4.78 is 0. The van der Waals surface area contributed by atoms with Crippen LogP contribution in [-0.4, -0.2) is 34.8 Å². The number of hydrogen-bond donors (Lipinski definition) is 2. The van der Waals surface area contributed by atoms with Crippen LogP contribution in [0.2, 0.25) is 0 Å². The van der Waals surface area contributed by atoms with Crippen molar-refractivity contribution in [3.63, 3.8) is 0 Å². The zero-order chi connectivity index (χ0) is 16.2. The van der Waals surface area contributed by atoms with Crippen molar-refractivity contribution in [3.05, 3.63) is 56.1 Å². The number of nitrogens with zero attached hydrogens (tertiary/aromatic N) is 1. The van der Waals surface area contributed by atoms with Crippen LogP contribution in [0.15, 0.2) is 34.6 Å². The number of pyridine rings is 1. The fraction of sp³-hybridized carbons (Fsp3) is 0.312. The van der Waals surface area contributed by atoms with Gasteiger partial charge in [0.15, 0.2) is 0 Å². The van der Waals surface area contributed by atoms with E-state index >= 15 is 0 Å². The van der Waals surface area contributed by atoms with Crippen molar-refractivity contribution in [2.45, 2.75) is 19.4 Å². The zero-order valence-corrected chi connectivity index (χ0v) is 13.3. The molecule has 0 saturated heterocycles. The van der Waals surface area contributed by atoms with Crippen molar-refractivity contribution >= 4 is 23.2 Å². The topological polar surface area (TPSA) is 82.3 Å². The highest BCUT2D eigenvalue weighted by Crippen LogP contribution is 2.24.